The van der Waals surface area contributed by atoms with Crippen LogP contribution in [0.2, 0.25) is 0 Å². The lowest BCUT2D eigenvalue weighted by molar-refractivity contribution is -0.142. The molecule has 0 bridgehead atoms. The topological polar surface area (TPSA) is 57.0 Å². The van der Waals surface area contributed by atoms with E-state index in [2.05, 4.69) is 10.1 Å². The van der Waals surface area contributed by atoms with Gasteiger partial charge in [0.1, 0.15) is 10.8 Å². The van der Waals surface area contributed by atoms with E-state index >= 15 is 0 Å². The van der Waals surface area contributed by atoms with Gasteiger partial charge in [0.05, 0.1) is 36.2 Å². The summed E-state index contributed by atoms with van der Waals surface area (Å²) < 4.78 is 45.3. The highest BCUT2D eigenvalue weighted by Crippen LogP contribution is 2.36. The van der Waals surface area contributed by atoms with Crippen LogP contribution in [-0.2, 0) is 16.0 Å². The number of thiazole rings is 1. The van der Waals surface area contributed by atoms with E-state index in [-0.39, 0.29) is 18.7 Å². The minimum atomic E-state index is -2.86. The maximum atomic E-state index is 13.3. The summed E-state index contributed by atoms with van der Waals surface area (Å²) in [6.07, 6.45) is 1.29. The second kappa shape index (κ2) is 7.69. The number of benzene rings is 1. The lowest BCUT2D eigenvalue weighted by atomic mass is 10.1. The summed E-state index contributed by atoms with van der Waals surface area (Å²) in [6, 6.07) is 5.19. The molecule has 0 amide bonds. The predicted molar refractivity (Wildman–Crippen MR) is 90.3 cm³/mol. The molecule has 1 aromatic carbocycles. The summed E-state index contributed by atoms with van der Waals surface area (Å²) in [5.74, 6) is -0.879. The second-order valence-corrected chi connectivity index (χ2v) is 6.12. The van der Waals surface area contributed by atoms with Gasteiger partial charge >= 0.3 is 12.5 Å². The largest absolute Gasteiger partial charge is 0.466 e. The first-order valence-electron chi connectivity index (χ1n) is 7.71. The van der Waals surface area contributed by atoms with Crippen LogP contribution in [0, 0.1) is 5.82 Å². The molecule has 0 saturated carbocycles. The van der Waals surface area contributed by atoms with E-state index in [4.69, 9.17) is 4.74 Å². The van der Waals surface area contributed by atoms with Crippen molar-refractivity contribution in [3.05, 3.63) is 47.4 Å². The summed E-state index contributed by atoms with van der Waals surface area (Å²) in [5.41, 5.74) is 1.40. The van der Waals surface area contributed by atoms with Crippen molar-refractivity contribution in [2.24, 2.45) is 0 Å². The molecule has 0 fully saturated rings. The highest BCUT2D eigenvalue weighted by atomic mass is 32.1. The Labute approximate surface area is 151 Å². The van der Waals surface area contributed by atoms with E-state index in [1.165, 1.54) is 41.8 Å². The van der Waals surface area contributed by atoms with Crippen LogP contribution in [0.15, 0.2) is 35.8 Å². The molecule has 0 spiro atoms. The lowest BCUT2D eigenvalue weighted by Crippen LogP contribution is -2.07. The number of hydrogen-bond donors (Lipinski definition) is 0. The maximum absolute atomic E-state index is 13.3. The number of halogens is 3. The molecular weight excluding hydrogens is 367 g/mol. The van der Waals surface area contributed by atoms with Crippen molar-refractivity contribution in [1.29, 1.82) is 0 Å². The van der Waals surface area contributed by atoms with Crippen molar-refractivity contribution in [2.45, 2.75) is 19.9 Å². The van der Waals surface area contributed by atoms with E-state index in [9.17, 15) is 18.0 Å². The average Bonchev–Trinajstić information content (AvgIpc) is 3.22. The zero-order chi connectivity index (χ0) is 18.7. The van der Waals surface area contributed by atoms with Gasteiger partial charge in [-0.25, -0.2) is 14.1 Å². The van der Waals surface area contributed by atoms with Crippen LogP contribution < -0.4 is 0 Å². The van der Waals surface area contributed by atoms with E-state index in [1.807, 2.05) is 0 Å². The molecule has 0 aliphatic rings. The standard InChI is InChI=1S/C17H14F3N3O2S/c1-2-25-14(24)7-12-9-26-16(22-12)13-8-21-23(17(19)20)15(13)10-3-5-11(18)6-4-10/h3-6,8-9,17H,2,7H2,1H3. The van der Waals surface area contributed by atoms with Crippen LogP contribution in [0.3, 0.4) is 0 Å². The van der Waals surface area contributed by atoms with Crippen LogP contribution in [0.5, 0.6) is 0 Å². The van der Waals surface area contributed by atoms with Gasteiger partial charge in [-0.05, 0) is 31.2 Å². The van der Waals surface area contributed by atoms with Gasteiger partial charge in [0, 0.05) is 10.9 Å². The highest BCUT2D eigenvalue weighted by Gasteiger charge is 2.22. The number of hydrogen-bond acceptors (Lipinski definition) is 5. The Morgan fingerprint density at radius 2 is 2.04 bits per heavy atom. The summed E-state index contributed by atoms with van der Waals surface area (Å²) in [4.78, 5) is 15.9. The third-order valence-corrected chi connectivity index (χ3v) is 4.44. The van der Waals surface area contributed by atoms with Crippen LogP contribution >= 0.6 is 11.3 Å². The molecule has 3 aromatic rings. The first-order chi connectivity index (χ1) is 12.5. The molecule has 0 aliphatic carbocycles. The van der Waals surface area contributed by atoms with Crippen molar-refractivity contribution >= 4 is 17.3 Å². The Kier molecular flexibility index (Phi) is 5.36. The fourth-order valence-electron chi connectivity index (χ4n) is 2.43. The van der Waals surface area contributed by atoms with E-state index in [0.29, 0.717) is 26.5 Å². The third-order valence-electron chi connectivity index (χ3n) is 3.51. The van der Waals surface area contributed by atoms with Gasteiger partial charge in [0.25, 0.3) is 0 Å². The Morgan fingerprint density at radius 3 is 2.69 bits per heavy atom. The smallest absolute Gasteiger partial charge is 0.333 e. The monoisotopic (exact) mass is 381 g/mol. The molecule has 2 aromatic heterocycles. The SMILES string of the molecule is CCOC(=O)Cc1csc(-c2cnn(C(F)F)c2-c2ccc(F)cc2)n1. The number of carbonyl (C=O) groups excluding carboxylic acids is 1. The van der Waals surface area contributed by atoms with Crippen LogP contribution in [0.1, 0.15) is 19.2 Å². The number of aromatic nitrogens is 3. The number of rotatable bonds is 6. The molecule has 136 valence electrons. The van der Waals surface area contributed by atoms with E-state index in [1.54, 1.807) is 12.3 Å². The van der Waals surface area contributed by atoms with Gasteiger partial charge in [-0.1, -0.05) is 0 Å². The fraction of sp³-hybridized carbons (Fsp3) is 0.235. The van der Waals surface area contributed by atoms with Gasteiger partial charge in [-0.3, -0.25) is 4.79 Å². The Bertz CT molecular complexity index is 906. The number of alkyl halides is 2. The molecule has 0 atom stereocenters. The van der Waals surface area contributed by atoms with Gasteiger partial charge in [-0.15, -0.1) is 11.3 Å². The van der Waals surface area contributed by atoms with Crippen molar-refractivity contribution in [3.8, 4) is 21.8 Å². The van der Waals surface area contributed by atoms with Gasteiger partial charge in [0.15, 0.2) is 0 Å². The van der Waals surface area contributed by atoms with Crippen molar-refractivity contribution < 1.29 is 22.7 Å². The zero-order valence-corrected chi connectivity index (χ0v) is 14.5. The minimum Gasteiger partial charge on any atom is -0.466 e. The Hall–Kier alpha value is -2.68. The van der Waals surface area contributed by atoms with Crippen LogP contribution in [0.25, 0.3) is 21.8 Å². The molecule has 0 aliphatic heterocycles. The predicted octanol–water partition coefficient (Wildman–Crippen LogP) is 4.31. The number of nitrogens with zero attached hydrogens (tertiary/aromatic N) is 3. The van der Waals surface area contributed by atoms with Gasteiger partial charge in [-0.2, -0.15) is 13.9 Å². The Morgan fingerprint density at radius 1 is 1.31 bits per heavy atom. The van der Waals surface area contributed by atoms with E-state index < -0.39 is 18.3 Å². The fourth-order valence-corrected chi connectivity index (χ4v) is 3.26. The summed E-state index contributed by atoms with van der Waals surface area (Å²) in [7, 11) is 0. The summed E-state index contributed by atoms with van der Waals surface area (Å²) >= 11 is 1.21. The highest BCUT2D eigenvalue weighted by molar-refractivity contribution is 7.13. The average molecular weight is 381 g/mol. The zero-order valence-electron chi connectivity index (χ0n) is 13.7. The van der Waals surface area contributed by atoms with Crippen molar-refractivity contribution in [2.75, 3.05) is 6.61 Å². The lowest BCUT2D eigenvalue weighted by Gasteiger charge is -2.08. The van der Waals surface area contributed by atoms with Crippen molar-refractivity contribution in [1.82, 2.24) is 14.8 Å². The molecule has 0 N–H and O–H groups in total. The molecule has 0 unspecified atom stereocenters. The normalized spacial score (nSPS) is 11.1. The van der Waals surface area contributed by atoms with Gasteiger partial charge < -0.3 is 4.74 Å². The summed E-state index contributed by atoms with van der Waals surface area (Å²) in [6.45, 7) is -0.883. The maximum Gasteiger partial charge on any atom is 0.333 e. The molecular formula is C17H14F3N3O2S. The molecule has 0 radical (unpaired) electrons. The first kappa shape index (κ1) is 18.1. The van der Waals surface area contributed by atoms with Crippen LogP contribution in [0.4, 0.5) is 13.2 Å². The van der Waals surface area contributed by atoms with Gasteiger partial charge in [0.2, 0.25) is 0 Å². The molecule has 0 saturated heterocycles. The molecule has 3 rings (SSSR count). The second-order valence-electron chi connectivity index (χ2n) is 5.26. The quantitative estimate of drug-likeness (QED) is 0.597. The first-order valence-corrected chi connectivity index (χ1v) is 8.59. The minimum absolute atomic E-state index is 0.000788. The number of ether oxygens (including phenoxy) is 1. The molecule has 26 heavy (non-hydrogen) atoms. The number of esters is 1. The molecule has 2 heterocycles. The summed E-state index contributed by atoms with van der Waals surface area (Å²) in [5, 5.41) is 5.85. The number of carbonyl (C=O) groups is 1. The van der Waals surface area contributed by atoms with Crippen LogP contribution in [-0.4, -0.2) is 27.3 Å². The van der Waals surface area contributed by atoms with E-state index in [0.717, 1.165) is 0 Å². The van der Waals surface area contributed by atoms with Crippen molar-refractivity contribution in [3.63, 3.8) is 0 Å². The molecule has 9 heteroatoms. The molecule has 5 nitrogen and oxygen atoms in total. The third kappa shape index (κ3) is 3.77. The Balaban J connectivity index is 1.99.